The molecule has 1 saturated carbocycles. The highest BCUT2D eigenvalue weighted by Gasteiger charge is 2.11. The smallest absolute Gasteiger partial charge is 0.185 e. The summed E-state index contributed by atoms with van der Waals surface area (Å²) in [5.41, 5.74) is 0.784. The van der Waals surface area contributed by atoms with Crippen LogP contribution in [0.25, 0.3) is 0 Å². The highest BCUT2D eigenvalue weighted by molar-refractivity contribution is 6.04. The fourth-order valence-electron chi connectivity index (χ4n) is 2.07. The Bertz CT molecular complexity index is 345. The lowest BCUT2D eigenvalue weighted by Gasteiger charge is -1.99. The summed E-state index contributed by atoms with van der Waals surface area (Å²) in [5.74, 6) is 0.764. The largest absolute Gasteiger partial charge is 0.289 e. The van der Waals surface area contributed by atoms with Crippen molar-refractivity contribution in [3.05, 3.63) is 48.0 Å². The predicted octanol–water partition coefficient (Wildman–Crippen LogP) is 3.62. The molecule has 0 aromatic heterocycles. The molecule has 0 heterocycles. The van der Waals surface area contributed by atoms with Gasteiger partial charge in [0.15, 0.2) is 5.78 Å². The van der Waals surface area contributed by atoms with Crippen molar-refractivity contribution < 1.29 is 4.79 Å². The van der Waals surface area contributed by atoms with Crippen LogP contribution in [0.3, 0.4) is 0 Å². The molecule has 2 rings (SSSR count). The first-order valence-corrected chi connectivity index (χ1v) is 5.64. The summed E-state index contributed by atoms with van der Waals surface area (Å²) >= 11 is 0. The molecule has 1 fully saturated rings. The summed E-state index contributed by atoms with van der Waals surface area (Å²) in [4.78, 5) is 11.7. The number of rotatable bonds is 3. The van der Waals surface area contributed by atoms with E-state index in [4.69, 9.17) is 0 Å². The lowest BCUT2D eigenvalue weighted by Crippen LogP contribution is -1.95. The number of hydrogen-bond donors (Lipinski definition) is 0. The van der Waals surface area contributed by atoms with Crippen molar-refractivity contribution in [2.24, 2.45) is 5.92 Å². The summed E-state index contributed by atoms with van der Waals surface area (Å²) < 4.78 is 0. The number of benzene rings is 1. The molecular weight excluding hydrogens is 184 g/mol. The van der Waals surface area contributed by atoms with Gasteiger partial charge in [-0.05, 0) is 24.8 Å². The van der Waals surface area contributed by atoms with Gasteiger partial charge in [0.1, 0.15) is 0 Å². The minimum atomic E-state index is 0.127. The minimum absolute atomic E-state index is 0.127. The van der Waals surface area contributed by atoms with E-state index in [-0.39, 0.29) is 5.78 Å². The summed E-state index contributed by atoms with van der Waals surface area (Å²) in [7, 11) is 0. The van der Waals surface area contributed by atoms with Gasteiger partial charge in [0, 0.05) is 5.56 Å². The number of allylic oxidation sites excluding steroid dienone is 2. The third-order valence-electron chi connectivity index (χ3n) is 2.98. The number of hydrogen-bond acceptors (Lipinski definition) is 1. The lowest BCUT2D eigenvalue weighted by molar-refractivity contribution is 0.104. The molecule has 1 nitrogen and oxygen atoms in total. The van der Waals surface area contributed by atoms with Crippen LogP contribution in [0.1, 0.15) is 36.0 Å². The fourth-order valence-corrected chi connectivity index (χ4v) is 2.07. The van der Waals surface area contributed by atoms with Gasteiger partial charge in [-0.2, -0.15) is 0 Å². The SMILES string of the molecule is O=C(C=CC1CCCC1)c1ccccc1. The third kappa shape index (κ3) is 2.79. The van der Waals surface area contributed by atoms with Gasteiger partial charge in [-0.1, -0.05) is 49.2 Å². The Morgan fingerprint density at radius 1 is 1.13 bits per heavy atom. The first-order chi connectivity index (χ1) is 7.36. The number of carbonyl (C=O) groups excluding carboxylic acids is 1. The van der Waals surface area contributed by atoms with Crippen molar-refractivity contribution in [2.75, 3.05) is 0 Å². The fraction of sp³-hybridized carbons (Fsp3) is 0.357. The zero-order chi connectivity index (χ0) is 10.5. The Hall–Kier alpha value is -1.37. The van der Waals surface area contributed by atoms with Gasteiger partial charge >= 0.3 is 0 Å². The van der Waals surface area contributed by atoms with E-state index in [0.29, 0.717) is 5.92 Å². The molecule has 0 amide bonds. The molecule has 78 valence electrons. The van der Waals surface area contributed by atoms with E-state index < -0.39 is 0 Å². The predicted molar refractivity (Wildman–Crippen MR) is 61.9 cm³/mol. The van der Waals surface area contributed by atoms with Crippen LogP contribution in [-0.2, 0) is 0 Å². The Kier molecular flexibility index (Phi) is 3.33. The molecule has 0 unspecified atom stereocenters. The van der Waals surface area contributed by atoms with E-state index >= 15 is 0 Å². The van der Waals surface area contributed by atoms with Gasteiger partial charge in [-0.3, -0.25) is 4.79 Å². The van der Waals surface area contributed by atoms with E-state index in [9.17, 15) is 4.79 Å². The summed E-state index contributed by atoms with van der Waals surface area (Å²) in [6.45, 7) is 0. The van der Waals surface area contributed by atoms with Gasteiger partial charge in [0.05, 0.1) is 0 Å². The standard InChI is InChI=1S/C14H16O/c15-14(13-8-2-1-3-9-13)11-10-12-6-4-5-7-12/h1-3,8-12H,4-7H2. The van der Waals surface area contributed by atoms with Crippen molar-refractivity contribution in [3.63, 3.8) is 0 Å². The topological polar surface area (TPSA) is 17.1 Å². The minimum Gasteiger partial charge on any atom is -0.289 e. The van der Waals surface area contributed by atoms with Crippen molar-refractivity contribution in [1.29, 1.82) is 0 Å². The maximum atomic E-state index is 11.7. The first-order valence-electron chi connectivity index (χ1n) is 5.64. The van der Waals surface area contributed by atoms with Crippen molar-refractivity contribution in [3.8, 4) is 0 Å². The Labute approximate surface area is 90.8 Å². The van der Waals surface area contributed by atoms with Crippen molar-refractivity contribution in [1.82, 2.24) is 0 Å². The Morgan fingerprint density at radius 2 is 1.80 bits per heavy atom. The first kappa shape index (κ1) is 10.2. The average molecular weight is 200 g/mol. The maximum absolute atomic E-state index is 11.7. The van der Waals surface area contributed by atoms with Crippen LogP contribution in [-0.4, -0.2) is 5.78 Å². The molecule has 0 N–H and O–H groups in total. The second kappa shape index (κ2) is 4.92. The molecule has 1 aromatic carbocycles. The van der Waals surface area contributed by atoms with Crippen LogP contribution < -0.4 is 0 Å². The maximum Gasteiger partial charge on any atom is 0.185 e. The molecule has 1 heteroatoms. The second-order valence-corrected chi connectivity index (χ2v) is 4.13. The molecule has 1 aliphatic rings. The molecule has 0 radical (unpaired) electrons. The van der Waals surface area contributed by atoms with Gasteiger partial charge in [0.25, 0.3) is 0 Å². The van der Waals surface area contributed by atoms with Gasteiger partial charge in [-0.25, -0.2) is 0 Å². The van der Waals surface area contributed by atoms with E-state index in [0.717, 1.165) is 5.56 Å². The van der Waals surface area contributed by atoms with E-state index in [1.807, 2.05) is 30.3 Å². The highest BCUT2D eigenvalue weighted by Crippen LogP contribution is 2.25. The quantitative estimate of drug-likeness (QED) is 0.538. The van der Waals surface area contributed by atoms with Crippen LogP contribution in [0.15, 0.2) is 42.5 Å². The molecule has 0 saturated heterocycles. The van der Waals surface area contributed by atoms with E-state index in [1.54, 1.807) is 6.08 Å². The lowest BCUT2D eigenvalue weighted by atomic mass is 10.1. The van der Waals surface area contributed by atoms with Crippen LogP contribution in [0.4, 0.5) is 0 Å². The molecule has 1 aromatic rings. The number of ketones is 1. The van der Waals surface area contributed by atoms with Gasteiger partial charge in [0.2, 0.25) is 0 Å². The third-order valence-corrected chi connectivity index (χ3v) is 2.98. The zero-order valence-corrected chi connectivity index (χ0v) is 8.86. The molecular formula is C14H16O. The second-order valence-electron chi connectivity index (χ2n) is 4.13. The summed E-state index contributed by atoms with van der Waals surface area (Å²) in [5, 5.41) is 0. The molecule has 0 spiro atoms. The van der Waals surface area contributed by atoms with Crippen molar-refractivity contribution in [2.45, 2.75) is 25.7 Å². The molecule has 0 aliphatic heterocycles. The van der Waals surface area contributed by atoms with Gasteiger partial charge in [-0.15, -0.1) is 0 Å². The van der Waals surface area contributed by atoms with Crippen LogP contribution in [0.2, 0.25) is 0 Å². The highest BCUT2D eigenvalue weighted by atomic mass is 16.1. The molecule has 1 aliphatic carbocycles. The monoisotopic (exact) mass is 200 g/mol. The summed E-state index contributed by atoms with van der Waals surface area (Å²) in [6.07, 6.45) is 8.95. The molecule has 15 heavy (non-hydrogen) atoms. The zero-order valence-electron chi connectivity index (χ0n) is 8.86. The van der Waals surface area contributed by atoms with E-state index in [1.165, 1.54) is 25.7 Å². The Morgan fingerprint density at radius 3 is 2.47 bits per heavy atom. The normalized spacial score (nSPS) is 17.3. The van der Waals surface area contributed by atoms with Crippen LogP contribution >= 0.6 is 0 Å². The van der Waals surface area contributed by atoms with Crippen LogP contribution in [0.5, 0.6) is 0 Å². The molecule has 0 bridgehead atoms. The van der Waals surface area contributed by atoms with Crippen LogP contribution in [0, 0.1) is 5.92 Å². The average Bonchev–Trinajstić information content (AvgIpc) is 2.80. The van der Waals surface area contributed by atoms with Gasteiger partial charge < -0.3 is 0 Å². The van der Waals surface area contributed by atoms with Crippen molar-refractivity contribution >= 4 is 5.78 Å². The molecule has 0 atom stereocenters. The Balaban J connectivity index is 1.97. The summed E-state index contributed by atoms with van der Waals surface area (Å²) in [6, 6.07) is 9.45. The van der Waals surface area contributed by atoms with E-state index in [2.05, 4.69) is 6.08 Å². The number of carbonyl (C=O) groups is 1.